The summed E-state index contributed by atoms with van der Waals surface area (Å²) in [5.41, 5.74) is 4.74. The molecule has 6 heteroatoms. The number of halogens is 1. The molecule has 0 radical (unpaired) electrons. The summed E-state index contributed by atoms with van der Waals surface area (Å²) in [6.07, 6.45) is 4.26. The number of hydrogen-bond donors (Lipinski definition) is 0. The Labute approximate surface area is 208 Å². The minimum absolute atomic E-state index is 0.163. The number of methoxy groups -OCH3 is 1. The average molecular weight is 517 g/mol. The summed E-state index contributed by atoms with van der Waals surface area (Å²) in [6.45, 7) is 6.13. The molecule has 3 aromatic carbocycles. The van der Waals surface area contributed by atoms with Crippen LogP contribution in [-0.2, 0) is 17.8 Å². The third-order valence-electron chi connectivity index (χ3n) is 5.41. The van der Waals surface area contributed by atoms with Gasteiger partial charge in [0, 0.05) is 10.0 Å². The van der Waals surface area contributed by atoms with Gasteiger partial charge in [0.05, 0.1) is 24.1 Å². The highest BCUT2D eigenvalue weighted by Crippen LogP contribution is 2.35. The molecule has 0 unspecified atom stereocenters. The summed E-state index contributed by atoms with van der Waals surface area (Å²) in [6, 6.07) is 21.3. The monoisotopic (exact) mass is 516 g/mol. The molecule has 3 aromatic rings. The quantitative estimate of drug-likeness (QED) is 0.251. The molecule has 1 amide bonds. The highest BCUT2D eigenvalue weighted by molar-refractivity contribution is 9.10. The Morgan fingerprint density at radius 3 is 2.50 bits per heavy atom. The van der Waals surface area contributed by atoms with Crippen LogP contribution in [0.5, 0.6) is 11.5 Å². The van der Waals surface area contributed by atoms with Gasteiger partial charge >= 0.3 is 0 Å². The fourth-order valence-corrected chi connectivity index (χ4v) is 3.99. The van der Waals surface area contributed by atoms with Gasteiger partial charge in [-0.3, -0.25) is 4.79 Å². The van der Waals surface area contributed by atoms with Crippen molar-refractivity contribution in [2.75, 3.05) is 12.1 Å². The van der Waals surface area contributed by atoms with Crippen molar-refractivity contribution in [3.05, 3.63) is 106 Å². The van der Waals surface area contributed by atoms with Crippen LogP contribution in [0.3, 0.4) is 0 Å². The van der Waals surface area contributed by atoms with Crippen molar-refractivity contribution in [1.29, 1.82) is 0 Å². The van der Waals surface area contributed by atoms with Gasteiger partial charge in [-0.25, -0.2) is 0 Å². The summed E-state index contributed by atoms with van der Waals surface area (Å²) in [7, 11) is 1.61. The standard InChI is InChI=1S/C28H25BrN2O3/c1-4-8-22-15-21(16-25-19(2)30-31(28(25)32)24-9-6-5-7-10-24)17-26(33-3)27(22)34-18-20-11-13-23(29)14-12-20/h4-7,9-17H,1,8,18H2,2-3H3/b25-16+. The molecule has 5 nitrogen and oxygen atoms in total. The van der Waals surface area contributed by atoms with Crippen LogP contribution in [0.2, 0.25) is 0 Å². The maximum absolute atomic E-state index is 13.1. The van der Waals surface area contributed by atoms with E-state index in [4.69, 9.17) is 9.47 Å². The number of ether oxygens (including phenoxy) is 2. The van der Waals surface area contributed by atoms with Gasteiger partial charge in [0.25, 0.3) is 5.91 Å². The van der Waals surface area contributed by atoms with Gasteiger partial charge in [-0.1, -0.05) is 52.3 Å². The zero-order valence-corrected chi connectivity index (χ0v) is 20.7. The molecule has 0 fully saturated rings. The highest BCUT2D eigenvalue weighted by Gasteiger charge is 2.28. The Bertz CT molecular complexity index is 1260. The lowest BCUT2D eigenvalue weighted by Gasteiger charge is -2.16. The second kappa shape index (κ2) is 10.5. The Morgan fingerprint density at radius 2 is 1.82 bits per heavy atom. The molecule has 0 aliphatic carbocycles. The summed E-state index contributed by atoms with van der Waals surface area (Å²) in [5, 5.41) is 5.89. The topological polar surface area (TPSA) is 51.1 Å². The first-order valence-corrected chi connectivity index (χ1v) is 11.6. The number of allylic oxidation sites excluding steroid dienone is 1. The van der Waals surface area contributed by atoms with E-state index in [9.17, 15) is 4.79 Å². The number of carbonyl (C=O) groups excluding carboxylic acids is 1. The van der Waals surface area contributed by atoms with E-state index in [1.807, 2.05) is 85.8 Å². The van der Waals surface area contributed by atoms with Crippen molar-refractivity contribution >= 4 is 39.3 Å². The van der Waals surface area contributed by atoms with Crippen LogP contribution >= 0.6 is 15.9 Å². The van der Waals surface area contributed by atoms with Crippen LogP contribution in [0.4, 0.5) is 5.69 Å². The molecule has 34 heavy (non-hydrogen) atoms. The van der Waals surface area contributed by atoms with Crippen molar-refractivity contribution in [3.63, 3.8) is 0 Å². The Kier molecular flexibility index (Phi) is 7.28. The molecule has 0 saturated heterocycles. The van der Waals surface area contributed by atoms with E-state index in [0.717, 1.165) is 26.9 Å². The molecular formula is C28H25BrN2O3. The molecule has 1 aliphatic rings. The van der Waals surface area contributed by atoms with Crippen molar-refractivity contribution in [2.24, 2.45) is 5.10 Å². The van der Waals surface area contributed by atoms with Gasteiger partial charge in [0.2, 0.25) is 0 Å². The smallest absolute Gasteiger partial charge is 0.280 e. The van der Waals surface area contributed by atoms with Crippen LogP contribution in [0, 0.1) is 0 Å². The fraction of sp³-hybridized carbons (Fsp3) is 0.143. The molecule has 0 N–H and O–H groups in total. The fourth-order valence-electron chi connectivity index (χ4n) is 3.72. The van der Waals surface area contributed by atoms with E-state index in [1.165, 1.54) is 5.01 Å². The van der Waals surface area contributed by atoms with Crippen molar-refractivity contribution in [1.82, 2.24) is 0 Å². The first kappa shape index (κ1) is 23.5. The third-order valence-corrected chi connectivity index (χ3v) is 5.94. The van der Waals surface area contributed by atoms with E-state index in [2.05, 4.69) is 27.6 Å². The number of carbonyl (C=O) groups is 1. The second-order valence-electron chi connectivity index (χ2n) is 7.82. The van der Waals surface area contributed by atoms with Crippen LogP contribution in [-0.4, -0.2) is 18.7 Å². The summed E-state index contributed by atoms with van der Waals surface area (Å²) < 4.78 is 12.9. The molecule has 1 aliphatic heterocycles. The van der Waals surface area contributed by atoms with Gasteiger partial charge in [-0.15, -0.1) is 6.58 Å². The molecule has 172 valence electrons. The zero-order valence-electron chi connectivity index (χ0n) is 19.1. The third kappa shape index (κ3) is 5.13. The predicted molar refractivity (Wildman–Crippen MR) is 140 cm³/mol. The number of para-hydroxylation sites is 1. The van der Waals surface area contributed by atoms with E-state index < -0.39 is 0 Å². The van der Waals surface area contributed by atoms with Gasteiger partial charge in [0.1, 0.15) is 6.61 Å². The van der Waals surface area contributed by atoms with Crippen molar-refractivity contribution < 1.29 is 14.3 Å². The number of hydrazone groups is 1. The number of hydrogen-bond acceptors (Lipinski definition) is 4. The molecule has 0 saturated carbocycles. The molecule has 1 heterocycles. The lowest BCUT2D eigenvalue weighted by molar-refractivity contribution is -0.114. The van der Waals surface area contributed by atoms with Crippen molar-refractivity contribution in [3.8, 4) is 11.5 Å². The van der Waals surface area contributed by atoms with Crippen LogP contribution in [0.25, 0.3) is 6.08 Å². The van der Waals surface area contributed by atoms with Gasteiger partial charge in [-0.2, -0.15) is 10.1 Å². The van der Waals surface area contributed by atoms with E-state index in [1.54, 1.807) is 7.11 Å². The number of anilines is 1. The number of benzene rings is 3. The number of amides is 1. The van der Waals surface area contributed by atoms with Gasteiger partial charge in [0.15, 0.2) is 11.5 Å². The minimum atomic E-state index is -0.163. The van der Waals surface area contributed by atoms with Gasteiger partial charge in [-0.05, 0) is 66.9 Å². The Balaban J connectivity index is 1.65. The van der Waals surface area contributed by atoms with Gasteiger partial charge < -0.3 is 9.47 Å². The number of nitrogens with zero attached hydrogens (tertiary/aromatic N) is 2. The minimum Gasteiger partial charge on any atom is -0.493 e. The van der Waals surface area contributed by atoms with E-state index in [-0.39, 0.29) is 5.91 Å². The molecule has 0 spiro atoms. The first-order valence-electron chi connectivity index (χ1n) is 10.9. The SMILES string of the molecule is C=CCc1cc(/C=C2/C(=O)N(c3ccccc3)N=C2C)cc(OC)c1OCc1ccc(Br)cc1. The summed E-state index contributed by atoms with van der Waals surface area (Å²) >= 11 is 3.45. The van der Waals surface area contributed by atoms with Crippen LogP contribution in [0.1, 0.15) is 23.6 Å². The zero-order chi connectivity index (χ0) is 24.1. The summed E-state index contributed by atoms with van der Waals surface area (Å²) in [4.78, 5) is 13.1. The molecule has 4 rings (SSSR count). The van der Waals surface area contributed by atoms with E-state index >= 15 is 0 Å². The first-order chi connectivity index (χ1) is 16.5. The molecule has 0 bridgehead atoms. The van der Waals surface area contributed by atoms with Crippen molar-refractivity contribution in [2.45, 2.75) is 20.0 Å². The lowest BCUT2D eigenvalue weighted by atomic mass is 10.0. The molecule has 0 aromatic heterocycles. The second-order valence-corrected chi connectivity index (χ2v) is 8.73. The van der Waals surface area contributed by atoms with Crippen LogP contribution in [0.15, 0.2) is 94.5 Å². The highest BCUT2D eigenvalue weighted by atomic mass is 79.9. The largest absolute Gasteiger partial charge is 0.493 e. The normalized spacial score (nSPS) is 14.3. The van der Waals surface area contributed by atoms with Crippen LogP contribution < -0.4 is 14.5 Å². The molecule has 0 atom stereocenters. The average Bonchev–Trinajstić information content (AvgIpc) is 3.13. The Hall–Kier alpha value is -3.64. The van der Waals surface area contributed by atoms with E-state index in [0.29, 0.717) is 35.8 Å². The lowest BCUT2D eigenvalue weighted by Crippen LogP contribution is -2.21. The molecular weight excluding hydrogens is 492 g/mol. The Morgan fingerprint density at radius 1 is 1.09 bits per heavy atom. The number of rotatable bonds is 8. The maximum atomic E-state index is 13.1. The maximum Gasteiger partial charge on any atom is 0.280 e. The predicted octanol–water partition coefficient (Wildman–Crippen LogP) is 6.57. The summed E-state index contributed by atoms with van der Waals surface area (Å²) in [5.74, 6) is 1.10.